The summed E-state index contributed by atoms with van der Waals surface area (Å²) in [4.78, 5) is 0. The zero-order valence-electron chi connectivity index (χ0n) is 10.9. The molecule has 0 fully saturated rings. The number of hydrogen-bond donors (Lipinski definition) is 1. The van der Waals surface area contributed by atoms with Crippen LogP contribution in [0, 0.1) is 0 Å². The fourth-order valence-corrected chi connectivity index (χ4v) is 3.28. The average molecular weight is 353 g/mol. The van der Waals surface area contributed by atoms with E-state index in [2.05, 4.69) is 33.4 Å². The first-order valence-electron chi connectivity index (χ1n) is 6.63. The molecule has 2 aromatic carbocycles. The summed E-state index contributed by atoms with van der Waals surface area (Å²) < 4.78 is 6.72. The van der Waals surface area contributed by atoms with E-state index in [1.165, 1.54) is 11.1 Å². The van der Waals surface area contributed by atoms with Crippen molar-refractivity contribution in [3.63, 3.8) is 0 Å². The number of rotatable bonds is 3. The van der Waals surface area contributed by atoms with Gasteiger partial charge in [-0.25, -0.2) is 0 Å². The lowest BCUT2D eigenvalue weighted by Crippen LogP contribution is -2.26. The van der Waals surface area contributed by atoms with Crippen LogP contribution in [0.15, 0.2) is 46.9 Å². The van der Waals surface area contributed by atoms with Crippen molar-refractivity contribution in [1.82, 2.24) is 5.32 Å². The molecule has 0 amide bonds. The lowest BCUT2D eigenvalue weighted by atomic mass is 10.0. The molecule has 0 spiro atoms. The molecule has 1 aliphatic heterocycles. The molecule has 1 heterocycles. The summed E-state index contributed by atoms with van der Waals surface area (Å²) in [6.45, 7) is 1.56. The quantitative estimate of drug-likeness (QED) is 0.863. The third kappa shape index (κ3) is 3.00. The molecule has 0 saturated carbocycles. The lowest BCUT2D eigenvalue weighted by Gasteiger charge is -2.27. The lowest BCUT2D eigenvalue weighted by molar-refractivity contribution is 0.252. The molecule has 0 saturated heterocycles. The average Bonchev–Trinajstić information content (AvgIpc) is 2.46. The van der Waals surface area contributed by atoms with Gasteiger partial charge in [-0.3, -0.25) is 0 Å². The van der Waals surface area contributed by atoms with E-state index in [1.54, 1.807) is 0 Å². The number of nitrogens with one attached hydrogen (secondary N) is 1. The van der Waals surface area contributed by atoms with Crippen molar-refractivity contribution in [2.75, 3.05) is 6.61 Å². The summed E-state index contributed by atoms with van der Waals surface area (Å²) >= 11 is 9.52. The molecule has 0 radical (unpaired) electrons. The van der Waals surface area contributed by atoms with Crippen molar-refractivity contribution < 1.29 is 4.74 Å². The summed E-state index contributed by atoms with van der Waals surface area (Å²) in [5, 5.41) is 4.35. The van der Waals surface area contributed by atoms with E-state index in [4.69, 9.17) is 16.3 Å². The maximum Gasteiger partial charge on any atom is 0.124 e. The molecule has 20 heavy (non-hydrogen) atoms. The summed E-state index contributed by atoms with van der Waals surface area (Å²) in [6, 6.07) is 14.5. The normalized spacial score (nSPS) is 17.4. The second-order valence-corrected chi connectivity index (χ2v) is 6.13. The van der Waals surface area contributed by atoms with Gasteiger partial charge in [-0.15, -0.1) is 0 Å². The largest absolute Gasteiger partial charge is 0.493 e. The van der Waals surface area contributed by atoms with Gasteiger partial charge in [0.25, 0.3) is 0 Å². The monoisotopic (exact) mass is 351 g/mol. The zero-order valence-corrected chi connectivity index (χ0v) is 13.2. The van der Waals surface area contributed by atoms with Crippen LogP contribution in [0.4, 0.5) is 0 Å². The Labute approximate surface area is 132 Å². The maximum atomic E-state index is 5.97. The number of para-hydroxylation sites is 1. The van der Waals surface area contributed by atoms with E-state index >= 15 is 0 Å². The van der Waals surface area contributed by atoms with Gasteiger partial charge in [0.1, 0.15) is 5.75 Å². The Balaban J connectivity index is 1.73. The Kier molecular flexibility index (Phi) is 4.29. The SMILES string of the molecule is Clc1ccc(CNC2CCOc3ccccc32)c(Br)c1. The predicted molar refractivity (Wildman–Crippen MR) is 85.3 cm³/mol. The van der Waals surface area contributed by atoms with Crippen molar-refractivity contribution >= 4 is 27.5 Å². The summed E-state index contributed by atoms with van der Waals surface area (Å²) in [6.07, 6.45) is 0.988. The van der Waals surface area contributed by atoms with Gasteiger partial charge in [-0.2, -0.15) is 0 Å². The molecule has 0 aliphatic carbocycles. The topological polar surface area (TPSA) is 21.3 Å². The van der Waals surface area contributed by atoms with E-state index < -0.39 is 0 Å². The van der Waals surface area contributed by atoms with Gasteiger partial charge in [0.05, 0.1) is 6.61 Å². The summed E-state index contributed by atoms with van der Waals surface area (Å²) in [5.41, 5.74) is 2.45. The predicted octanol–water partition coefficient (Wildman–Crippen LogP) is 4.72. The molecule has 4 heteroatoms. The van der Waals surface area contributed by atoms with Crippen molar-refractivity contribution in [1.29, 1.82) is 0 Å². The standard InChI is InChI=1S/C16H15BrClNO/c17-14-9-12(18)6-5-11(14)10-19-15-7-8-20-16-4-2-1-3-13(15)16/h1-6,9,15,19H,7-8,10H2. The highest BCUT2D eigenvalue weighted by atomic mass is 79.9. The van der Waals surface area contributed by atoms with Crippen LogP contribution in [0.1, 0.15) is 23.6 Å². The van der Waals surface area contributed by atoms with Gasteiger partial charge in [0.2, 0.25) is 0 Å². The number of benzene rings is 2. The Hall–Kier alpha value is -1.03. The zero-order chi connectivity index (χ0) is 13.9. The van der Waals surface area contributed by atoms with Crippen molar-refractivity contribution in [3.05, 3.63) is 63.1 Å². The van der Waals surface area contributed by atoms with Crippen molar-refractivity contribution in [2.45, 2.75) is 19.0 Å². The molecule has 0 bridgehead atoms. The van der Waals surface area contributed by atoms with Crippen LogP contribution >= 0.6 is 27.5 Å². The third-order valence-electron chi connectivity index (χ3n) is 3.51. The Morgan fingerprint density at radius 1 is 1.25 bits per heavy atom. The van der Waals surface area contributed by atoms with Crippen LogP contribution in [0.25, 0.3) is 0 Å². The van der Waals surface area contributed by atoms with Gasteiger partial charge >= 0.3 is 0 Å². The second kappa shape index (κ2) is 6.17. The molecule has 3 rings (SSSR count). The minimum absolute atomic E-state index is 0.336. The first-order valence-corrected chi connectivity index (χ1v) is 7.80. The van der Waals surface area contributed by atoms with Gasteiger partial charge in [0.15, 0.2) is 0 Å². The van der Waals surface area contributed by atoms with E-state index in [9.17, 15) is 0 Å². The fourth-order valence-electron chi connectivity index (χ4n) is 2.45. The second-order valence-electron chi connectivity index (χ2n) is 4.84. The first kappa shape index (κ1) is 13.9. The molecule has 104 valence electrons. The smallest absolute Gasteiger partial charge is 0.124 e. The van der Waals surface area contributed by atoms with Crippen molar-refractivity contribution in [2.24, 2.45) is 0 Å². The van der Waals surface area contributed by atoms with E-state index in [0.717, 1.165) is 34.8 Å². The molecule has 1 unspecified atom stereocenters. The minimum Gasteiger partial charge on any atom is -0.493 e. The Morgan fingerprint density at radius 2 is 2.10 bits per heavy atom. The van der Waals surface area contributed by atoms with E-state index in [-0.39, 0.29) is 0 Å². The highest BCUT2D eigenvalue weighted by Gasteiger charge is 2.20. The van der Waals surface area contributed by atoms with Crippen LogP contribution in [0.3, 0.4) is 0 Å². The Morgan fingerprint density at radius 3 is 2.95 bits per heavy atom. The molecule has 1 atom stereocenters. The first-order chi connectivity index (χ1) is 9.74. The van der Waals surface area contributed by atoms with Crippen LogP contribution in [0.5, 0.6) is 5.75 Å². The van der Waals surface area contributed by atoms with E-state index in [1.807, 2.05) is 30.3 Å². The molecule has 0 aromatic heterocycles. The minimum atomic E-state index is 0.336. The van der Waals surface area contributed by atoms with Gasteiger partial charge < -0.3 is 10.1 Å². The van der Waals surface area contributed by atoms with Gasteiger partial charge in [-0.05, 0) is 23.8 Å². The highest BCUT2D eigenvalue weighted by Crippen LogP contribution is 2.32. The highest BCUT2D eigenvalue weighted by molar-refractivity contribution is 9.10. The molecular formula is C16H15BrClNO. The molecule has 1 aliphatic rings. The third-order valence-corrected chi connectivity index (χ3v) is 4.49. The molecule has 2 aromatic rings. The molecular weight excluding hydrogens is 338 g/mol. The number of halogens is 2. The van der Waals surface area contributed by atoms with Gasteiger partial charge in [-0.1, -0.05) is 51.8 Å². The van der Waals surface area contributed by atoms with Crippen LogP contribution in [-0.4, -0.2) is 6.61 Å². The fraction of sp³-hybridized carbons (Fsp3) is 0.250. The summed E-state index contributed by atoms with van der Waals surface area (Å²) in [5.74, 6) is 0.992. The number of hydrogen-bond acceptors (Lipinski definition) is 2. The van der Waals surface area contributed by atoms with Crippen molar-refractivity contribution in [3.8, 4) is 5.75 Å². The number of fused-ring (bicyclic) bond motifs is 1. The molecule has 2 nitrogen and oxygen atoms in total. The maximum absolute atomic E-state index is 5.97. The van der Waals surface area contributed by atoms with Crippen LogP contribution < -0.4 is 10.1 Å². The van der Waals surface area contributed by atoms with Gasteiger partial charge in [0, 0.05) is 34.1 Å². The van der Waals surface area contributed by atoms with Crippen LogP contribution in [-0.2, 0) is 6.54 Å². The molecule has 1 N–H and O–H groups in total. The number of ether oxygens (including phenoxy) is 1. The Bertz CT molecular complexity index is 617. The summed E-state index contributed by atoms with van der Waals surface area (Å²) in [7, 11) is 0. The van der Waals surface area contributed by atoms with Crippen LogP contribution in [0.2, 0.25) is 5.02 Å². The van der Waals surface area contributed by atoms with E-state index in [0.29, 0.717) is 6.04 Å².